The summed E-state index contributed by atoms with van der Waals surface area (Å²) in [6.07, 6.45) is 1.78. The summed E-state index contributed by atoms with van der Waals surface area (Å²) in [7, 11) is 1.65. The third-order valence-corrected chi connectivity index (χ3v) is 3.42. The van der Waals surface area contributed by atoms with E-state index in [-0.39, 0.29) is 18.4 Å². The molecule has 0 unspecified atom stereocenters. The molecular weight excluding hydrogens is 304 g/mol. The summed E-state index contributed by atoms with van der Waals surface area (Å²) in [6.45, 7) is 0.858. The Bertz CT molecular complexity index is 628. The number of rotatable bonds is 2. The molecule has 1 aliphatic rings. The first kappa shape index (κ1) is 18.1. The molecule has 1 saturated heterocycles. The van der Waals surface area contributed by atoms with Crippen LogP contribution in [-0.2, 0) is 4.79 Å². The molecule has 120 valence electrons. The van der Waals surface area contributed by atoms with Crippen LogP contribution in [0.5, 0.6) is 5.75 Å². The van der Waals surface area contributed by atoms with Crippen molar-refractivity contribution in [1.82, 2.24) is 5.32 Å². The lowest BCUT2D eigenvalue weighted by Gasteiger charge is -2.06. The average Bonchev–Trinajstić information content (AvgIpc) is 3.01. The summed E-state index contributed by atoms with van der Waals surface area (Å²) in [5, 5.41) is 13.4. The van der Waals surface area contributed by atoms with Crippen LogP contribution in [0.4, 0.5) is 5.69 Å². The van der Waals surface area contributed by atoms with Crippen molar-refractivity contribution in [2.45, 2.75) is 18.9 Å². The van der Waals surface area contributed by atoms with Crippen molar-refractivity contribution in [3.05, 3.63) is 36.4 Å². The normalized spacial score (nSPS) is 16.3. The van der Waals surface area contributed by atoms with E-state index in [9.17, 15) is 4.79 Å². The van der Waals surface area contributed by atoms with Crippen molar-refractivity contribution in [3.8, 4) is 5.75 Å². The van der Waals surface area contributed by atoms with Crippen molar-refractivity contribution in [2.24, 2.45) is 0 Å². The van der Waals surface area contributed by atoms with Gasteiger partial charge in [-0.2, -0.15) is 0 Å². The molecule has 0 radical (unpaired) electrons. The molecule has 0 aromatic heterocycles. The van der Waals surface area contributed by atoms with E-state index in [0.29, 0.717) is 0 Å². The minimum absolute atomic E-state index is 0. The molecule has 2 aromatic carbocycles. The van der Waals surface area contributed by atoms with Crippen LogP contribution < -0.4 is 15.8 Å². The molecular formula is C16H21ClN2O3. The quantitative estimate of drug-likeness (QED) is 0.740. The van der Waals surface area contributed by atoms with Crippen molar-refractivity contribution < 1.29 is 14.6 Å². The van der Waals surface area contributed by atoms with Gasteiger partial charge in [0.15, 0.2) is 0 Å². The zero-order valence-electron chi connectivity index (χ0n) is 12.4. The van der Waals surface area contributed by atoms with Gasteiger partial charge in [0, 0.05) is 17.1 Å². The van der Waals surface area contributed by atoms with Gasteiger partial charge in [-0.05, 0) is 30.8 Å². The fraction of sp³-hybridized carbons (Fsp3) is 0.312. The summed E-state index contributed by atoms with van der Waals surface area (Å²) in [6, 6.07) is 11.5. The highest BCUT2D eigenvalue weighted by Crippen LogP contribution is 2.27. The number of benzene rings is 2. The Labute approximate surface area is 135 Å². The smallest absolute Gasteiger partial charge is 0.320 e. The van der Waals surface area contributed by atoms with Crippen LogP contribution in [0, 0.1) is 0 Å². The number of ether oxygens (including phenoxy) is 1. The number of nitrogen functional groups attached to an aromatic ring is 1. The van der Waals surface area contributed by atoms with Crippen molar-refractivity contribution >= 4 is 34.8 Å². The monoisotopic (exact) mass is 324 g/mol. The third kappa shape index (κ3) is 4.51. The number of halogens is 1. The summed E-state index contributed by atoms with van der Waals surface area (Å²) in [5.41, 5.74) is 6.45. The molecule has 0 saturated carbocycles. The van der Waals surface area contributed by atoms with Crippen LogP contribution in [0.3, 0.4) is 0 Å². The Balaban J connectivity index is 0.000000234. The second-order valence-corrected chi connectivity index (χ2v) is 4.93. The topological polar surface area (TPSA) is 84.6 Å². The highest BCUT2D eigenvalue weighted by molar-refractivity contribution is 5.91. The second kappa shape index (κ2) is 8.46. The SMILES string of the molecule is COc1cc(N)cc2ccccc12.Cl.O=C(O)[C@@H]1CCCN1. The Kier molecular flexibility index (Phi) is 6.95. The van der Waals surface area contributed by atoms with Gasteiger partial charge in [-0.1, -0.05) is 24.3 Å². The summed E-state index contributed by atoms with van der Waals surface area (Å²) in [4.78, 5) is 10.1. The highest BCUT2D eigenvalue weighted by Gasteiger charge is 2.20. The molecule has 1 heterocycles. The lowest BCUT2D eigenvalue weighted by atomic mass is 10.1. The van der Waals surface area contributed by atoms with Crippen LogP contribution in [-0.4, -0.2) is 30.8 Å². The van der Waals surface area contributed by atoms with Gasteiger partial charge in [-0.15, -0.1) is 12.4 Å². The average molecular weight is 325 g/mol. The maximum Gasteiger partial charge on any atom is 0.320 e. The first-order valence-electron chi connectivity index (χ1n) is 6.90. The van der Waals surface area contributed by atoms with Gasteiger partial charge in [0.05, 0.1) is 7.11 Å². The largest absolute Gasteiger partial charge is 0.496 e. The molecule has 6 heteroatoms. The lowest BCUT2D eigenvalue weighted by Crippen LogP contribution is -2.29. The predicted octanol–water partition coefficient (Wildman–Crippen LogP) is 2.68. The van der Waals surface area contributed by atoms with E-state index in [1.165, 1.54) is 0 Å². The Morgan fingerprint density at radius 1 is 1.36 bits per heavy atom. The van der Waals surface area contributed by atoms with E-state index < -0.39 is 5.97 Å². The number of anilines is 1. The number of methoxy groups -OCH3 is 1. The molecule has 1 aliphatic heterocycles. The highest BCUT2D eigenvalue weighted by atomic mass is 35.5. The second-order valence-electron chi connectivity index (χ2n) is 4.93. The standard InChI is InChI=1S/C11H11NO.C5H9NO2.ClH/c1-13-11-7-9(12)6-8-4-2-3-5-10(8)11;7-5(8)4-2-1-3-6-4;/h2-7H,12H2,1H3;4,6H,1-3H2,(H,7,8);1H/t;4-;/m.0./s1. The van der Waals surface area contributed by atoms with Crippen LogP contribution in [0.25, 0.3) is 10.8 Å². The number of fused-ring (bicyclic) bond motifs is 1. The van der Waals surface area contributed by atoms with Crippen molar-refractivity contribution in [3.63, 3.8) is 0 Å². The molecule has 0 aliphatic carbocycles. The summed E-state index contributed by atoms with van der Waals surface area (Å²) < 4.78 is 5.23. The van der Waals surface area contributed by atoms with Gasteiger partial charge in [0.1, 0.15) is 11.8 Å². The van der Waals surface area contributed by atoms with Gasteiger partial charge < -0.3 is 20.9 Å². The Hall–Kier alpha value is -1.98. The molecule has 0 bridgehead atoms. The fourth-order valence-corrected chi connectivity index (χ4v) is 2.36. The molecule has 2 aromatic rings. The van der Waals surface area contributed by atoms with Gasteiger partial charge in [0.2, 0.25) is 0 Å². The maximum absolute atomic E-state index is 10.1. The number of carboxylic acids is 1. The number of hydrogen-bond donors (Lipinski definition) is 3. The molecule has 4 N–H and O–H groups in total. The van der Waals surface area contributed by atoms with E-state index in [4.69, 9.17) is 15.6 Å². The number of hydrogen-bond acceptors (Lipinski definition) is 4. The van der Waals surface area contributed by atoms with E-state index in [1.807, 2.05) is 36.4 Å². The molecule has 3 rings (SSSR count). The maximum atomic E-state index is 10.1. The minimum Gasteiger partial charge on any atom is -0.496 e. The fourth-order valence-electron chi connectivity index (χ4n) is 2.36. The van der Waals surface area contributed by atoms with E-state index >= 15 is 0 Å². The summed E-state index contributed by atoms with van der Waals surface area (Å²) in [5.74, 6) is 0.109. The zero-order chi connectivity index (χ0) is 15.2. The Morgan fingerprint density at radius 2 is 2.09 bits per heavy atom. The van der Waals surface area contributed by atoms with Gasteiger partial charge in [-0.25, -0.2) is 0 Å². The van der Waals surface area contributed by atoms with Gasteiger partial charge >= 0.3 is 5.97 Å². The van der Waals surface area contributed by atoms with Crippen molar-refractivity contribution in [2.75, 3.05) is 19.4 Å². The molecule has 1 fully saturated rings. The van der Waals surface area contributed by atoms with E-state index in [1.54, 1.807) is 7.11 Å². The molecule has 1 atom stereocenters. The molecule has 22 heavy (non-hydrogen) atoms. The van der Waals surface area contributed by atoms with Gasteiger partial charge in [0.25, 0.3) is 0 Å². The molecule has 0 spiro atoms. The number of aliphatic carboxylic acids is 1. The minimum atomic E-state index is -0.720. The molecule has 5 nitrogen and oxygen atoms in total. The first-order chi connectivity index (χ1) is 10.1. The number of nitrogens with one attached hydrogen (secondary N) is 1. The zero-order valence-corrected chi connectivity index (χ0v) is 13.2. The van der Waals surface area contributed by atoms with Crippen LogP contribution in [0.2, 0.25) is 0 Å². The van der Waals surface area contributed by atoms with Crippen LogP contribution in [0.1, 0.15) is 12.8 Å². The van der Waals surface area contributed by atoms with Crippen LogP contribution >= 0.6 is 12.4 Å². The number of carbonyl (C=O) groups is 1. The summed E-state index contributed by atoms with van der Waals surface area (Å²) >= 11 is 0. The first-order valence-corrected chi connectivity index (χ1v) is 6.90. The number of nitrogens with two attached hydrogens (primary N) is 1. The van der Waals surface area contributed by atoms with Crippen LogP contribution in [0.15, 0.2) is 36.4 Å². The lowest BCUT2D eigenvalue weighted by molar-refractivity contribution is -0.139. The number of carboxylic acid groups (broad SMARTS) is 1. The van der Waals surface area contributed by atoms with E-state index in [0.717, 1.165) is 41.6 Å². The Morgan fingerprint density at radius 3 is 2.64 bits per heavy atom. The van der Waals surface area contributed by atoms with E-state index in [2.05, 4.69) is 5.32 Å². The predicted molar refractivity (Wildman–Crippen MR) is 90.8 cm³/mol. The molecule has 0 amide bonds. The third-order valence-electron chi connectivity index (χ3n) is 3.42. The van der Waals surface area contributed by atoms with Gasteiger partial charge in [-0.3, -0.25) is 4.79 Å². The van der Waals surface area contributed by atoms with Crippen molar-refractivity contribution in [1.29, 1.82) is 0 Å².